The van der Waals surface area contributed by atoms with Crippen molar-refractivity contribution in [2.45, 2.75) is 10.9 Å². The molecule has 5 heteroatoms. The van der Waals surface area contributed by atoms with E-state index in [-0.39, 0.29) is 0 Å². The Morgan fingerprint density at radius 2 is 1.90 bits per heavy atom. The summed E-state index contributed by atoms with van der Waals surface area (Å²) >= 11 is 7.50. The Morgan fingerprint density at radius 1 is 1.15 bits per heavy atom. The summed E-state index contributed by atoms with van der Waals surface area (Å²) in [5, 5.41) is 12.7. The Labute approximate surface area is 125 Å². The molecular weight excluding hydrogens is 292 g/mol. The third kappa shape index (κ3) is 1.62. The Balaban J connectivity index is 1.96. The van der Waals surface area contributed by atoms with Gasteiger partial charge in [-0.2, -0.15) is 0 Å². The maximum Gasteiger partial charge on any atom is 0.179 e. The molecule has 20 heavy (non-hydrogen) atoms. The van der Waals surface area contributed by atoms with Crippen molar-refractivity contribution in [1.29, 1.82) is 0 Å². The van der Waals surface area contributed by atoms with E-state index in [0.29, 0.717) is 10.8 Å². The molecule has 1 aliphatic heterocycles. The molecule has 3 aromatic rings. The van der Waals surface area contributed by atoms with E-state index in [0.717, 1.165) is 21.8 Å². The first-order valence-electron chi connectivity index (χ1n) is 6.28. The third-order valence-electron chi connectivity index (χ3n) is 3.61. The van der Waals surface area contributed by atoms with E-state index >= 15 is 0 Å². The highest BCUT2D eigenvalue weighted by Gasteiger charge is 2.40. The summed E-state index contributed by atoms with van der Waals surface area (Å²) in [6.07, 6.45) is 0. The van der Waals surface area contributed by atoms with Crippen LogP contribution in [0.15, 0.2) is 53.7 Å². The zero-order chi connectivity index (χ0) is 13.7. The number of thioether (sulfide) groups is 1. The number of imidazole rings is 1. The molecular formula is C15H11ClN2OS. The van der Waals surface area contributed by atoms with Crippen molar-refractivity contribution in [2.75, 3.05) is 5.75 Å². The molecule has 0 radical (unpaired) electrons. The standard InChI is InChI=1S/C15H11ClN2OS/c16-11-7-5-10(6-8-11)15(19)9-20-14-17-12-3-1-2-4-13(12)18(14)15/h1-8,19H,9H2/t15-/m1/s1. The highest BCUT2D eigenvalue weighted by Crippen LogP contribution is 2.42. The van der Waals surface area contributed by atoms with Crippen molar-refractivity contribution >= 4 is 34.4 Å². The van der Waals surface area contributed by atoms with Crippen molar-refractivity contribution < 1.29 is 5.11 Å². The van der Waals surface area contributed by atoms with Crippen LogP contribution in [0, 0.1) is 0 Å². The van der Waals surface area contributed by atoms with Gasteiger partial charge in [-0.05, 0) is 24.3 Å². The van der Waals surface area contributed by atoms with E-state index in [2.05, 4.69) is 4.98 Å². The maximum atomic E-state index is 11.2. The highest BCUT2D eigenvalue weighted by molar-refractivity contribution is 7.99. The monoisotopic (exact) mass is 302 g/mol. The van der Waals surface area contributed by atoms with Crippen LogP contribution in [0.5, 0.6) is 0 Å². The van der Waals surface area contributed by atoms with Gasteiger partial charge in [-0.1, -0.05) is 47.6 Å². The van der Waals surface area contributed by atoms with Crippen LogP contribution in [0.25, 0.3) is 11.0 Å². The number of fused-ring (bicyclic) bond motifs is 3. The molecule has 0 saturated heterocycles. The van der Waals surface area contributed by atoms with Crippen molar-refractivity contribution in [2.24, 2.45) is 0 Å². The van der Waals surface area contributed by atoms with Crippen molar-refractivity contribution in [3.8, 4) is 0 Å². The van der Waals surface area contributed by atoms with E-state index < -0.39 is 5.72 Å². The molecule has 1 aliphatic rings. The fourth-order valence-corrected chi connectivity index (χ4v) is 3.91. The number of benzene rings is 2. The number of halogens is 1. The van der Waals surface area contributed by atoms with Gasteiger partial charge < -0.3 is 5.11 Å². The number of para-hydroxylation sites is 2. The van der Waals surface area contributed by atoms with Crippen LogP contribution in [0.2, 0.25) is 5.02 Å². The molecule has 0 aliphatic carbocycles. The zero-order valence-corrected chi connectivity index (χ0v) is 12.0. The van der Waals surface area contributed by atoms with Gasteiger partial charge in [0.05, 0.1) is 16.8 Å². The van der Waals surface area contributed by atoms with Crippen LogP contribution in [0.1, 0.15) is 5.56 Å². The number of rotatable bonds is 1. The summed E-state index contributed by atoms with van der Waals surface area (Å²) in [5.41, 5.74) is 1.61. The van der Waals surface area contributed by atoms with E-state index in [1.165, 1.54) is 0 Å². The Bertz CT molecular complexity index is 799. The van der Waals surface area contributed by atoms with Gasteiger partial charge in [-0.25, -0.2) is 4.98 Å². The zero-order valence-electron chi connectivity index (χ0n) is 10.5. The molecule has 0 amide bonds. The van der Waals surface area contributed by atoms with E-state index in [1.807, 2.05) is 41.0 Å². The predicted octanol–water partition coefficient (Wildman–Crippen LogP) is 3.49. The highest BCUT2D eigenvalue weighted by atomic mass is 35.5. The molecule has 2 heterocycles. The number of nitrogens with zero attached hydrogens (tertiary/aromatic N) is 2. The minimum absolute atomic E-state index is 0.557. The van der Waals surface area contributed by atoms with Gasteiger partial charge in [-0.15, -0.1) is 0 Å². The lowest BCUT2D eigenvalue weighted by molar-refractivity contribution is 0.0331. The summed E-state index contributed by atoms with van der Waals surface area (Å²) in [6.45, 7) is 0. The number of aliphatic hydroxyl groups is 1. The topological polar surface area (TPSA) is 38.1 Å². The lowest BCUT2D eigenvalue weighted by Gasteiger charge is -2.25. The lowest BCUT2D eigenvalue weighted by Crippen LogP contribution is -2.33. The van der Waals surface area contributed by atoms with Crippen LogP contribution in [-0.2, 0) is 5.72 Å². The van der Waals surface area contributed by atoms with Gasteiger partial charge in [0.25, 0.3) is 0 Å². The summed E-state index contributed by atoms with van der Waals surface area (Å²) in [5.74, 6) is 0.557. The minimum atomic E-state index is -1.07. The molecule has 2 aromatic carbocycles. The smallest absolute Gasteiger partial charge is 0.179 e. The van der Waals surface area contributed by atoms with Gasteiger partial charge in [0.15, 0.2) is 10.9 Å². The Morgan fingerprint density at radius 3 is 2.70 bits per heavy atom. The summed E-state index contributed by atoms with van der Waals surface area (Å²) in [7, 11) is 0. The molecule has 4 rings (SSSR count). The number of hydrogen-bond donors (Lipinski definition) is 1. The molecule has 1 N–H and O–H groups in total. The van der Waals surface area contributed by atoms with E-state index in [1.54, 1.807) is 23.9 Å². The molecule has 0 fully saturated rings. The third-order valence-corrected chi connectivity index (χ3v) is 4.94. The van der Waals surface area contributed by atoms with Crippen molar-refractivity contribution in [3.63, 3.8) is 0 Å². The van der Waals surface area contributed by atoms with Gasteiger partial charge >= 0.3 is 0 Å². The van der Waals surface area contributed by atoms with Gasteiger partial charge in [0.2, 0.25) is 0 Å². The fourth-order valence-electron chi connectivity index (χ4n) is 2.62. The first kappa shape index (κ1) is 12.3. The second kappa shape index (κ2) is 4.25. The van der Waals surface area contributed by atoms with Crippen molar-refractivity contribution in [1.82, 2.24) is 9.55 Å². The Hall–Kier alpha value is -1.49. The quantitative estimate of drug-likeness (QED) is 0.748. The van der Waals surface area contributed by atoms with Crippen molar-refractivity contribution in [3.05, 3.63) is 59.1 Å². The van der Waals surface area contributed by atoms with E-state index in [4.69, 9.17) is 11.6 Å². The minimum Gasteiger partial charge on any atom is -0.366 e. The number of hydrogen-bond acceptors (Lipinski definition) is 3. The number of aromatic nitrogens is 2. The predicted molar refractivity (Wildman–Crippen MR) is 81.2 cm³/mol. The lowest BCUT2D eigenvalue weighted by atomic mass is 10.0. The molecule has 0 saturated carbocycles. The van der Waals surface area contributed by atoms with Crippen LogP contribution >= 0.6 is 23.4 Å². The van der Waals surface area contributed by atoms with Crippen LogP contribution in [0.4, 0.5) is 0 Å². The largest absolute Gasteiger partial charge is 0.366 e. The molecule has 100 valence electrons. The molecule has 0 bridgehead atoms. The van der Waals surface area contributed by atoms with Gasteiger partial charge in [0, 0.05) is 10.6 Å². The average molecular weight is 303 g/mol. The summed E-state index contributed by atoms with van der Waals surface area (Å²) in [6, 6.07) is 15.2. The molecule has 1 aromatic heterocycles. The molecule has 3 nitrogen and oxygen atoms in total. The first-order valence-corrected chi connectivity index (χ1v) is 7.64. The van der Waals surface area contributed by atoms with Crippen LogP contribution < -0.4 is 0 Å². The Kier molecular flexibility index (Phi) is 2.61. The maximum absolute atomic E-state index is 11.2. The summed E-state index contributed by atoms with van der Waals surface area (Å²) < 4.78 is 1.91. The first-order chi connectivity index (χ1) is 9.68. The van der Waals surface area contributed by atoms with E-state index in [9.17, 15) is 5.11 Å². The SMILES string of the molecule is O[C@@]1(c2ccc(Cl)cc2)CSc2nc3ccccc3n21. The fraction of sp³-hybridized carbons (Fsp3) is 0.133. The normalized spacial score (nSPS) is 21.3. The van der Waals surface area contributed by atoms with Gasteiger partial charge in [-0.3, -0.25) is 4.57 Å². The second-order valence-electron chi connectivity index (χ2n) is 4.83. The van der Waals surface area contributed by atoms with Crippen LogP contribution in [0.3, 0.4) is 0 Å². The molecule has 0 spiro atoms. The summed E-state index contributed by atoms with van der Waals surface area (Å²) in [4.78, 5) is 4.57. The molecule has 0 unspecified atom stereocenters. The molecule has 1 atom stereocenters. The van der Waals surface area contributed by atoms with Crippen LogP contribution in [-0.4, -0.2) is 20.4 Å². The average Bonchev–Trinajstić information content (AvgIpc) is 2.98. The van der Waals surface area contributed by atoms with Gasteiger partial charge in [0.1, 0.15) is 0 Å². The second-order valence-corrected chi connectivity index (χ2v) is 6.21.